The molecule has 5 heteroatoms. The van der Waals surface area contributed by atoms with Crippen molar-refractivity contribution in [1.29, 1.82) is 0 Å². The number of carboxylic acids is 1. The first-order chi connectivity index (χ1) is 8.54. The van der Waals surface area contributed by atoms with Gasteiger partial charge in [0.15, 0.2) is 0 Å². The van der Waals surface area contributed by atoms with Crippen LogP contribution >= 0.6 is 0 Å². The molecule has 0 saturated carbocycles. The second-order valence-corrected chi connectivity index (χ2v) is 4.16. The fourth-order valence-corrected chi connectivity index (χ4v) is 1.49. The number of carbonyl (C=O) groups excluding carboxylic acids is 1. The average Bonchev–Trinajstić information content (AvgIpc) is 2.33. The molecule has 0 aromatic carbocycles. The number of aliphatic carboxylic acids is 1. The van der Waals surface area contributed by atoms with Crippen LogP contribution in [0.3, 0.4) is 0 Å². The number of carbonyl (C=O) groups is 2. The van der Waals surface area contributed by atoms with Crippen LogP contribution in [0, 0.1) is 12.3 Å². The molecule has 0 saturated heterocycles. The van der Waals surface area contributed by atoms with Crippen molar-refractivity contribution >= 4 is 12.0 Å². The summed E-state index contributed by atoms with van der Waals surface area (Å²) in [7, 11) is 0. The lowest BCUT2D eigenvalue weighted by Crippen LogP contribution is -2.48. The van der Waals surface area contributed by atoms with Crippen LogP contribution in [0.1, 0.15) is 46.0 Å². The van der Waals surface area contributed by atoms with E-state index in [1.165, 1.54) is 0 Å². The number of nitrogens with one attached hydrogen (secondary N) is 2. The molecule has 0 bridgehead atoms. The highest BCUT2D eigenvalue weighted by molar-refractivity contribution is 5.82. The van der Waals surface area contributed by atoms with Gasteiger partial charge in [0.25, 0.3) is 0 Å². The minimum absolute atomic E-state index is 0.115. The molecule has 0 rings (SSSR count). The molecular formula is C13H22N2O3. The van der Waals surface area contributed by atoms with Gasteiger partial charge in [-0.15, -0.1) is 12.3 Å². The van der Waals surface area contributed by atoms with Crippen molar-refractivity contribution in [3.05, 3.63) is 0 Å². The van der Waals surface area contributed by atoms with Gasteiger partial charge in [0, 0.05) is 12.5 Å². The van der Waals surface area contributed by atoms with E-state index in [-0.39, 0.29) is 6.04 Å². The molecule has 0 aliphatic heterocycles. The lowest BCUT2D eigenvalue weighted by atomic mass is 10.1. The summed E-state index contributed by atoms with van der Waals surface area (Å²) in [5, 5.41) is 14.1. The first-order valence-electron chi connectivity index (χ1n) is 6.28. The van der Waals surface area contributed by atoms with Gasteiger partial charge >= 0.3 is 12.0 Å². The van der Waals surface area contributed by atoms with Gasteiger partial charge in [-0.05, 0) is 12.8 Å². The third-order valence-corrected chi connectivity index (χ3v) is 2.64. The Balaban J connectivity index is 4.24. The molecule has 0 spiro atoms. The SMILES string of the molecule is C#CCC(CC)NC(=O)N[C@@H](CCCC)C(=O)O. The largest absolute Gasteiger partial charge is 0.480 e. The minimum atomic E-state index is -1.01. The Morgan fingerprint density at radius 1 is 1.33 bits per heavy atom. The maximum absolute atomic E-state index is 11.6. The summed E-state index contributed by atoms with van der Waals surface area (Å²) in [6, 6.07) is -1.43. The summed E-state index contributed by atoms with van der Waals surface area (Å²) in [5.74, 6) is 1.47. The molecule has 0 aromatic heterocycles. The van der Waals surface area contributed by atoms with Crippen molar-refractivity contribution in [2.75, 3.05) is 0 Å². The summed E-state index contributed by atoms with van der Waals surface area (Å²) in [6.45, 7) is 3.88. The van der Waals surface area contributed by atoms with E-state index in [0.29, 0.717) is 19.3 Å². The number of rotatable bonds is 8. The van der Waals surface area contributed by atoms with Gasteiger partial charge in [-0.3, -0.25) is 0 Å². The number of hydrogen-bond donors (Lipinski definition) is 3. The summed E-state index contributed by atoms with van der Waals surface area (Å²) in [6.07, 6.45) is 8.42. The van der Waals surface area contributed by atoms with E-state index < -0.39 is 18.0 Å². The fraction of sp³-hybridized carbons (Fsp3) is 0.692. The second-order valence-electron chi connectivity index (χ2n) is 4.16. The highest BCUT2D eigenvalue weighted by Crippen LogP contribution is 2.01. The molecule has 102 valence electrons. The number of terminal acetylenes is 1. The first kappa shape index (κ1) is 16.3. The second kappa shape index (κ2) is 9.34. The summed E-state index contributed by atoms with van der Waals surface area (Å²) >= 11 is 0. The van der Waals surface area contributed by atoms with Crippen molar-refractivity contribution in [1.82, 2.24) is 10.6 Å². The van der Waals surface area contributed by atoms with Crippen molar-refractivity contribution in [2.45, 2.75) is 58.0 Å². The normalized spacial score (nSPS) is 13.2. The molecule has 0 radical (unpaired) electrons. The quantitative estimate of drug-likeness (QED) is 0.577. The molecule has 2 atom stereocenters. The van der Waals surface area contributed by atoms with E-state index in [2.05, 4.69) is 16.6 Å². The Morgan fingerprint density at radius 2 is 2.00 bits per heavy atom. The smallest absolute Gasteiger partial charge is 0.326 e. The van der Waals surface area contributed by atoms with Gasteiger partial charge in [0.05, 0.1) is 0 Å². The van der Waals surface area contributed by atoms with Crippen molar-refractivity contribution < 1.29 is 14.7 Å². The van der Waals surface area contributed by atoms with Gasteiger partial charge in [-0.1, -0.05) is 26.7 Å². The molecule has 2 amide bonds. The Morgan fingerprint density at radius 3 is 2.44 bits per heavy atom. The standard InChI is InChI=1S/C13H22N2O3/c1-4-7-9-11(12(16)17)15-13(18)14-10(6-3)8-5-2/h2,10-11H,4,6-9H2,1,3H3,(H,16,17)(H2,14,15,18)/t10?,11-/m0/s1. The first-order valence-corrected chi connectivity index (χ1v) is 6.28. The molecule has 0 aliphatic carbocycles. The third kappa shape index (κ3) is 6.79. The number of urea groups is 1. The lowest BCUT2D eigenvalue weighted by Gasteiger charge is -2.18. The van der Waals surface area contributed by atoms with Crippen LogP contribution in [0.2, 0.25) is 0 Å². The van der Waals surface area contributed by atoms with Crippen molar-refractivity contribution in [2.24, 2.45) is 0 Å². The molecule has 0 aromatic rings. The number of carboxylic acid groups (broad SMARTS) is 1. The zero-order valence-corrected chi connectivity index (χ0v) is 11.0. The maximum atomic E-state index is 11.6. The Kier molecular flexibility index (Phi) is 8.46. The van der Waals surface area contributed by atoms with Crippen LogP contribution in [-0.2, 0) is 4.79 Å². The third-order valence-electron chi connectivity index (χ3n) is 2.64. The molecule has 0 heterocycles. The summed E-state index contributed by atoms with van der Waals surface area (Å²) < 4.78 is 0. The van der Waals surface area contributed by atoms with Gasteiger partial charge < -0.3 is 15.7 Å². The maximum Gasteiger partial charge on any atom is 0.326 e. The minimum Gasteiger partial charge on any atom is -0.480 e. The summed E-state index contributed by atoms with van der Waals surface area (Å²) in [5.41, 5.74) is 0. The van der Waals surface area contributed by atoms with Crippen LogP contribution in [0.4, 0.5) is 4.79 Å². The summed E-state index contributed by atoms with van der Waals surface area (Å²) in [4.78, 5) is 22.6. The van der Waals surface area contributed by atoms with Crippen LogP contribution in [0.25, 0.3) is 0 Å². The van der Waals surface area contributed by atoms with E-state index in [1.54, 1.807) is 0 Å². The van der Waals surface area contributed by atoms with Crippen LogP contribution in [0.15, 0.2) is 0 Å². The van der Waals surface area contributed by atoms with Crippen LogP contribution in [-0.4, -0.2) is 29.2 Å². The van der Waals surface area contributed by atoms with E-state index in [9.17, 15) is 9.59 Å². The van der Waals surface area contributed by atoms with Crippen LogP contribution in [0.5, 0.6) is 0 Å². The van der Waals surface area contributed by atoms with Gasteiger partial charge in [0.2, 0.25) is 0 Å². The van der Waals surface area contributed by atoms with E-state index in [4.69, 9.17) is 11.5 Å². The van der Waals surface area contributed by atoms with Gasteiger partial charge in [0.1, 0.15) is 6.04 Å². The molecular weight excluding hydrogens is 232 g/mol. The Labute approximate surface area is 108 Å². The van der Waals surface area contributed by atoms with Gasteiger partial charge in [-0.25, -0.2) is 9.59 Å². The number of hydrogen-bond acceptors (Lipinski definition) is 2. The topological polar surface area (TPSA) is 78.4 Å². The predicted octanol–water partition coefficient (Wildman–Crippen LogP) is 1.73. The zero-order chi connectivity index (χ0) is 14.0. The van der Waals surface area contributed by atoms with E-state index >= 15 is 0 Å². The average molecular weight is 254 g/mol. The Hall–Kier alpha value is -1.70. The lowest BCUT2D eigenvalue weighted by molar-refractivity contribution is -0.139. The fourth-order valence-electron chi connectivity index (χ4n) is 1.49. The van der Waals surface area contributed by atoms with E-state index in [1.807, 2.05) is 13.8 Å². The molecule has 0 aliphatic rings. The molecule has 1 unspecified atom stereocenters. The molecule has 0 fully saturated rings. The van der Waals surface area contributed by atoms with Crippen molar-refractivity contribution in [3.63, 3.8) is 0 Å². The highest BCUT2D eigenvalue weighted by Gasteiger charge is 2.20. The van der Waals surface area contributed by atoms with E-state index in [0.717, 1.165) is 12.8 Å². The molecule has 18 heavy (non-hydrogen) atoms. The number of unbranched alkanes of at least 4 members (excludes halogenated alkanes) is 1. The monoisotopic (exact) mass is 254 g/mol. The zero-order valence-electron chi connectivity index (χ0n) is 11.0. The molecule has 3 N–H and O–H groups in total. The Bertz CT molecular complexity index is 310. The van der Waals surface area contributed by atoms with Crippen LogP contribution < -0.4 is 10.6 Å². The molecule has 5 nitrogen and oxygen atoms in total. The van der Waals surface area contributed by atoms with Crippen molar-refractivity contribution in [3.8, 4) is 12.3 Å². The number of amides is 2. The van der Waals surface area contributed by atoms with Gasteiger partial charge in [-0.2, -0.15) is 0 Å². The highest BCUT2D eigenvalue weighted by atomic mass is 16.4. The predicted molar refractivity (Wildman–Crippen MR) is 70.1 cm³/mol.